The van der Waals surface area contributed by atoms with Gasteiger partial charge in [-0.2, -0.15) is 0 Å². The van der Waals surface area contributed by atoms with Gasteiger partial charge in [-0.3, -0.25) is 0 Å². The van der Waals surface area contributed by atoms with Gasteiger partial charge in [-0.15, -0.1) is 0 Å². The molecular weight excluding hydrogens is 252 g/mol. The summed E-state index contributed by atoms with van der Waals surface area (Å²) >= 11 is 0. The van der Waals surface area contributed by atoms with Crippen LogP contribution in [0, 0.1) is 5.92 Å². The highest BCUT2D eigenvalue weighted by Crippen LogP contribution is 2.22. The molecular formula is C16H24N2O2. The molecule has 110 valence electrons. The number of nitrogens with one attached hydrogen (secondary N) is 2. The third-order valence-electron chi connectivity index (χ3n) is 3.91. The van der Waals surface area contributed by atoms with Gasteiger partial charge in [0.2, 0.25) is 0 Å². The molecule has 2 amide bonds. The summed E-state index contributed by atoms with van der Waals surface area (Å²) in [6, 6.07) is 7.00. The van der Waals surface area contributed by atoms with Crippen LogP contribution in [0.15, 0.2) is 24.3 Å². The lowest BCUT2D eigenvalue weighted by Crippen LogP contribution is -2.39. The molecule has 3 N–H and O–H groups in total. The highest BCUT2D eigenvalue weighted by Gasteiger charge is 2.13. The van der Waals surface area contributed by atoms with Crippen LogP contribution in [0.3, 0.4) is 0 Å². The van der Waals surface area contributed by atoms with Crippen molar-refractivity contribution in [3.63, 3.8) is 0 Å². The molecule has 0 bridgehead atoms. The molecule has 2 rings (SSSR count). The van der Waals surface area contributed by atoms with Crippen molar-refractivity contribution >= 4 is 6.03 Å². The molecule has 1 aromatic rings. The van der Waals surface area contributed by atoms with Crippen LogP contribution in [0.5, 0.6) is 5.75 Å². The Bertz CT molecular complexity index is 411. The van der Waals surface area contributed by atoms with Crippen LogP contribution in [-0.2, 0) is 6.42 Å². The summed E-state index contributed by atoms with van der Waals surface area (Å²) < 4.78 is 0. The summed E-state index contributed by atoms with van der Waals surface area (Å²) in [4.78, 5) is 11.7. The van der Waals surface area contributed by atoms with Crippen molar-refractivity contribution in [2.45, 2.75) is 38.5 Å². The molecule has 20 heavy (non-hydrogen) atoms. The zero-order valence-corrected chi connectivity index (χ0v) is 11.9. The van der Waals surface area contributed by atoms with E-state index in [4.69, 9.17) is 0 Å². The van der Waals surface area contributed by atoms with E-state index < -0.39 is 0 Å². The summed E-state index contributed by atoms with van der Waals surface area (Å²) in [7, 11) is 0. The molecule has 1 saturated carbocycles. The van der Waals surface area contributed by atoms with E-state index in [2.05, 4.69) is 10.6 Å². The molecule has 1 fully saturated rings. The van der Waals surface area contributed by atoms with Crippen molar-refractivity contribution in [3.05, 3.63) is 29.8 Å². The Hall–Kier alpha value is -1.71. The zero-order valence-electron chi connectivity index (χ0n) is 11.9. The van der Waals surface area contributed by atoms with Crippen LogP contribution in [-0.4, -0.2) is 24.2 Å². The highest BCUT2D eigenvalue weighted by molar-refractivity contribution is 5.73. The van der Waals surface area contributed by atoms with E-state index in [0.717, 1.165) is 18.5 Å². The first-order valence-corrected chi connectivity index (χ1v) is 7.53. The quantitative estimate of drug-likeness (QED) is 0.774. The minimum absolute atomic E-state index is 0.0747. The molecule has 1 aliphatic rings. The standard InChI is InChI=1S/C16H24N2O2/c19-15-8-6-13(7-9-15)10-11-17-16(20)18-12-14-4-2-1-3-5-14/h6-9,14,19H,1-5,10-12H2,(H2,17,18,20). The molecule has 0 spiro atoms. The monoisotopic (exact) mass is 276 g/mol. The lowest BCUT2D eigenvalue weighted by atomic mass is 9.89. The maximum Gasteiger partial charge on any atom is 0.314 e. The van der Waals surface area contributed by atoms with Gasteiger partial charge in [0.25, 0.3) is 0 Å². The van der Waals surface area contributed by atoms with Gasteiger partial charge in [0, 0.05) is 13.1 Å². The Morgan fingerprint density at radius 1 is 1.10 bits per heavy atom. The topological polar surface area (TPSA) is 61.4 Å². The first kappa shape index (κ1) is 14.7. The number of amides is 2. The largest absolute Gasteiger partial charge is 0.508 e. The molecule has 0 aromatic heterocycles. The first-order valence-electron chi connectivity index (χ1n) is 7.53. The van der Waals surface area contributed by atoms with Crippen LogP contribution in [0.25, 0.3) is 0 Å². The van der Waals surface area contributed by atoms with Gasteiger partial charge < -0.3 is 15.7 Å². The van der Waals surface area contributed by atoms with Gasteiger partial charge in [-0.25, -0.2) is 4.79 Å². The second-order valence-electron chi connectivity index (χ2n) is 5.56. The van der Waals surface area contributed by atoms with Crippen molar-refractivity contribution in [1.29, 1.82) is 0 Å². The van der Waals surface area contributed by atoms with Crippen LogP contribution in [0.4, 0.5) is 4.79 Å². The lowest BCUT2D eigenvalue weighted by Gasteiger charge is -2.21. The van der Waals surface area contributed by atoms with Gasteiger partial charge in [-0.1, -0.05) is 31.4 Å². The van der Waals surface area contributed by atoms with Crippen molar-refractivity contribution in [2.24, 2.45) is 5.92 Å². The lowest BCUT2D eigenvalue weighted by molar-refractivity contribution is 0.236. The molecule has 0 radical (unpaired) electrons. The number of urea groups is 1. The molecule has 4 heteroatoms. The molecule has 1 aliphatic carbocycles. The Kier molecular flexibility index (Phi) is 5.71. The summed E-state index contributed by atoms with van der Waals surface area (Å²) in [5.74, 6) is 0.929. The number of hydrogen-bond acceptors (Lipinski definition) is 2. The van der Waals surface area contributed by atoms with E-state index in [1.165, 1.54) is 32.1 Å². The van der Waals surface area contributed by atoms with Crippen LogP contribution >= 0.6 is 0 Å². The van der Waals surface area contributed by atoms with E-state index in [1.807, 2.05) is 12.1 Å². The van der Waals surface area contributed by atoms with Crippen LogP contribution in [0.1, 0.15) is 37.7 Å². The molecule has 0 atom stereocenters. The van der Waals surface area contributed by atoms with Crippen molar-refractivity contribution in [2.75, 3.05) is 13.1 Å². The van der Waals surface area contributed by atoms with Crippen molar-refractivity contribution in [1.82, 2.24) is 10.6 Å². The molecule has 0 heterocycles. The SMILES string of the molecule is O=C(NCCc1ccc(O)cc1)NCC1CCCCC1. The third-order valence-corrected chi connectivity index (χ3v) is 3.91. The molecule has 4 nitrogen and oxygen atoms in total. The number of phenols is 1. The van der Waals surface area contributed by atoms with Gasteiger partial charge in [0.1, 0.15) is 5.75 Å². The fourth-order valence-corrected chi connectivity index (χ4v) is 2.67. The number of benzene rings is 1. The maximum absolute atomic E-state index is 11.7. The number of carbonyl (C=O) groups excluding carboxylic acids is 1. The number of rotatable bonds is 5. The minimum atomic E-state index is -0.0747. The average Bonchev–Trinajstić information content (AvgIpc) is 2.48. The van der Waals surface area contributed by atoms with Crippen LogP contribution in [0.2, 0.25) is 0 Å². The molecule has 0 aliphatic heterocycles. The fraction of sp³-hybridized carbons (Fsp3) is 0.562. The normalized spacial score (nSPS) is 15.8. The van der Waals surface area contributed by atoms with E-state index in [0.29, 0.717) is 12.5 Å². The summed E-state index contributed by atoms with van der Waals surface area (Å²) in [6.07, 6.45) is 7.21. The summed E-state index contributed by atoms with van der Waals surface area (Å²) in [6.45, 7) is 1.41. The Labute approximate surface area is 120 Å². The maximum atomic E-state index is 11.7. The smallest absolute Gasteiger partial charge is 0.314 e. The first-order chi connectivity index (χ1) is 9.74. The summed E-state index contributed by atoms with van der Waals surface area (Å²) in [5.41, 5.74) is 1.11. The van der Waals surface area contributed by atoms with E-state index in [9.17, 15) is 9.90 Å². The molecule has 1 aromatic carbocycles. The van der Waals surface area contributed by atoms with E-state index in [1.54, 1.807) is 12.1 Å². The predicted molar refractivity (Wildman–Crippen MR) is 79.8 cm³/mol. The predicted octanol–water partition coefficient (Wildman–Crippen LogP) is 2.81. The second kappa shape index (κ2) is 7.78. The van der Waals surface area contributed by atoms with Crippen molar-refractivity contribution in [3.8, 4) is 5.75 Å². The second-order valence-corrected chi connectivity index (χ2v) is 5.56. The zero-order chi connectivity index (χ0) is 14.2. The number of aromatic hydroxyl groups is 1. The number of hydrogen-bond donors (Lipinski definition) is 3. The van der Waals surface area contributed by atoms with E-state index >= 15 is 0 Å². The Balaban J connectivity index is 1.58. The minimum Gasteiger partial charge on any atom is -0.508 e. The van der Waals surface area contributed by atoms with Crippen LogP contribution < -0.4 is 10.6 Å². The molecule has 0 unspecified atom stereocenters. The molecule has 0 saturated heterocycles. The number of carbonyl (C=O) groups is 1. The number of phenolic OH excluding ortho intramolecular Hbond substituents is 1. The Morgan fingerprint density at radius 3 is 2.50 bits per heavy atom. The average molecular weight is 276 g/mol. The van der Waals surface area contributed by atoms with Gasteiger partial charge in [0.15, 0.2) is 0 Å². The van der Waals surface area contributed by atoms with Gasteiger partial charge >= 0.3 is 6.03 Å². The highest BCUT2D eigenvalue weighted by atomic mass is 16.3. The third kappa shape index (κ3) is 5.11. The van der Waals surface area contributed by atoms with E-state index in [-0.39, 0.29) is 11.8 Å². The fourth-order valence-electron chi connectivity index (χ4n) is 2.67. The van der Waals surface area contributed by atoms with Crippen molar-refractivity contribution < 1.29 is 9.90 Å². The summed E-state index contributed by atoms with van der Waals surface area (Å²) in [5, 5.41) is 15.0. The Morgan fingerprint density at radius 2 is 1.80 bits per heavy atom. The van der Waals surface area contributed by atoms with Gasteiger partial charge in [-0.05, 0) is 42.9 Å². The van der Waals surface area contributed by atoms with Gasteiger partial charge in [0.05, 0.1) is 0 Å².